The van der Waals surface area contributed by atoms with Crippen molar-refractivity contribution in [2.75, 3.05) is 6.61 Å². The van der Waals surface area contributed by atoms with E-state index in [9.17, 15) is 4.79 Å². The summed E-state index contributed by atoms with van der Waals surface area (Å²) in [4.78, 5) is 10.4. The number of hydrogen-bond donors (Lipinski definition) is 0. The van der Waals surface area contributed by atoms with Gasteiger partial charge >= 0.3 is 0 Å². The normalized spacial score (nSPS) is 10.9. The van der Waals surface area contributed by atoms with Gasteiger partial charge in [0.15, 0.2) is 6.29 Å². The molecule has 0 radical (unpaired) electrons. The molecule has 0 saturated heterocycles. The van der Waals surface area contributed by atoms with Crippen molar-refractivity contribution in [3.05, 3.63) is 11.6 Å². The van der Waals surface area contributed by atoms with Crippen molar-refractivity contribution < 1.29 is 9.53 Å². The summed E-state index contributed by atoms with van der Waals surface area (Å²) in [6.07, 6.45) is 2.76. The zero-order chi connectivity index (χ0) is 8.91. The Hall–Kier alpha value is -0.630. The molecule has 0 aromatic carbocycles. The molecule has 0 fully saturated rings. The van der Waals surface area contributed by atoms with Crippen molar-refractivity contribution in [1.82, 2.24) is 0 Å². The fourth-order valence-electron chi connectivity index (χ4n) is 0.457. The molecule has 11 heavy (non-hydrogen) atoms. The smallest absolute Gasteiger partial charge is 0.151 e. The first kappa shape index (κ1) is 10.4. The zero-order valence-corrected chi connectivity index (χ0v) is 7.68. The third kappa shape index (κ3) is 5.80. The molecule has 0 atom stereocenters. The van der Waals surface area contributed by atoms with Crippen LogP contribution in [-0.4, -0.2) is 18.5 Å². The lowest BCUT2D eigenvalue weighted by atomic mass is 10.2. The average molecular weight is 156 g/mol. The highest BCUT2D eigenvalue weighted by Crippen LogP contribution is 2.04. The van der Waals surface area contributed by atoms with Gasteiger partial charge in [0.1, 0.15) is 5.60 Å². The summed E-state index contributed by atoms with van der Waals surface area (Å²) < 4.78 is 5.24. The summed E-state index contributed by atoms with van der Waals surface area (Å²) in [5.74, 6) is 0. The molecule has 0 aliphatic rings. The Morgan fingerprint density at radius 1 is 1.45 bits per heavy atom. The van der Waals surface area contributed by atoms with Gasteiger partial charge in [0, 0.05) is 0 Å². The van der Waals surface area contributed by atoms with Gasteiger partial charge in [0.05, 0.1) is 6.61 Å². The Morgan fingerprint density at radius 2 is 2.00 bits per heavy atom. The third-order valence-corrected chi connectivity index (χ3v) is 1.23. The predicted octanol–water partition coefficient (Wildman–Crippen LogP) is 1.95. The third-order valence-electron chi connectivity index (χ3n) is 1.23. The lowest BCUT2D eigenvalue weighted by Crippen LogP contribution is -2.26. The molecule has 0 saturated carbocycles. The van der Waals surface area contributed by atoms with Crippen LogP contribution in [0.5, 0.6) is 0 Å². The van der Waals surface area contributed by atoms with Crippen LogP contribution in [0.2, 0.25) is 0 Å². The standard InChI is InChI=1S/C9H16O2/c1-8(2)5-6-11-9(3,4)7-10/h5,7H,6H2,1-4H3. The molecule has 0 unspecified atom stereocenters. The molecule has 0 spiro atoms. The van der Waals surface area contributed by atoms with Crippen molar-refractivity contribution in [3.8, 4) is 0 Å². The van der Waals surface area contributed by atoms with Gasteiger partial charge in [-0.2, -0.15) is 0 Å². The molecule has 0 aliphatic carbocycles. The predicted molar refractivity (Wildman–Crippen MR) is 45.5 cm³/mol. The van der Waals surface area contributed by atoms with Crippen LogP contribution < -0.4 is 0 Å². The molecule has 0 N–H and O–H groups in total. The van der Waals surface area contributed by atoms with E-state index in [2.05, 4.69) is 0 Å². The molecular weight excluding hydrogens is 140 g/mol. The molecular formula is C9H16O2. The Morgan fingerprint density at radius 3 is 2.36 bits per heavy atom. The molecule has 0 aromatic rings. The van der Waals surface area contributed by atoms with Gasteiger partial charge in [0.2, 0.25) is 0 Å². The Bertz CT molecular complexity index is 153. The zero-order valence-electron chi connectivity index (χ0n) is 7.68. The molecule has 2 heteroatoms. The summed E-state index contributed by atoms with van der Waals surface area (Å²) in [6.45, 7) is 8.00. The number of rotatable bonds is 4. The van der Waals surface area contributed by atoms with E-state index in [-0.39, 0.29) is 0 Å². The van der Waals surface area contributed by atoms with Gasteiger partial charge in [-0.05, 0) is 27.7 Å². The molecule has 0 aliphatic heterocycles. The van der Waals surface area contributed by atoms with Crippen LogP contribution in [-0.2, 0) is 9.53 Å². The van der Waals surface area contributed by atoms with Crippen LogP contribution in [0.25, 0.3) is 0 Å². The SMILES string of the molecule is CC(C)=CCOC(C)(C)C=O. The Balaban J connectivity index is 3.71. The van der Waals surface area contributed by atoms with E-state index in [1.807, 2.05) is 19.9 Å². The summed E-state index contributed by atoms with van der Waals surface area (Å²) in [5.41, 5.74) is 0.554. The molecule has 0 bridgehead atoms. The van der Waals surface area contributed by atoms with Crippen LogP contribution >= 0.6 is 0 Å². The first-order valence-corrected chi connectivity index (χ1v) is 3.71. The number of hydrogen-bond acceptors (Lipinski definition) is 2. The van der Waals surface area contributed by atoms with E-state index in [0.717, 1.165) is 6.29 Å². The van der Waals surface area contributed by atoms with E-state index < -0.39 is 5.60 Å². The van der Waals surface area contributed by atoms with Crippen LogP contribution in [0.3, 0.4) is 0 Å². The van der Waals surface area contributed by atoms with Crippen molar-refractivity contribution in [1.29, 1.82) is 0 Å². The average Bonchev–Trinajstić information content (AvgIpc) is 1.87. The van der Waals surface area contributed by atoms with E-state index in [4.69, 9.17) is 4.74 Å². The first-order valence-electron chi connectivity index (χ1n) is 3.71. The number of allylic oxidation sites excluding steroid dienone is 1. The lowest BCUT2D eigenvalue weighted by Gasteiger charge is -2.16. The summed E-state index contributed by atoms with van der Waals surface area (Å²) in [6, 6.07) is 0. The van der Waals surface area contributed by atoms with Crippen LogP contribution in [0.4, 0.5) is 0 Å². The van der Waals surface area contributed by atoms with Gasteiger partial charge in [0.25, 0.3) is 0 Å². The first-order chi connectivity index (χ1) is 4.98. The molecule has 0 heterocycles. The summed E-state index contributed by atoms with van der Waals surface area (Å²) in [5, 5.41) is 0. The fraction of sp³-hybridized carbons (Fsp3) is 0.667. The van der Waals surface area contributed by atoms with Crippen molar-refractivity contribution in [2.45, 2.75) is 33.3 Å². The fourth-order valence-corrected chi connectivity index (χ4v) is 0.457. The second kappa shape index (κ2) is 4.29. The van der Waals surface area contributed by atoms with E-state index in [1.165, 1.54) is 5.57 Å². The summed E-state index contributed by atoms with van der Waals surface area (Å²) >= 11 is 0. The summed E-state index contributed by atoms with van der Waals surface area (Å²) in [7, 11) is 0. The van der Waals surface area contributed by atoms with Gasteiger partial charge < -0.3 is 9.53 Å². The maximum Gasteiger partial charge on any atom is 0.151 e. The van der Waals surface area contributed by atoms with Crippen molar-refractivity contribution >= 4 is 6.29 Å². The second-order valence-corrected chi connectivity index (χ2v) is 3.31. The van der Waals surface area contributed by atoms with E-state index in [0.29, 0.717) is 6.61 Å². The maximum absolute atomic E-state index is 10.4. The Labute approximate surface area is 68.2 Å². The highest BCUT2D eigenvalue weighted by atomic mass is 16.5. The van der Waals surface area contributed by atoms with Gasteiger partial charge in [-0.3, -0.25) is 0 Å². The lowest BCUT2D eigenvalue weighted by molar-refractivity contribution is -0.125. The highest BCUT2D eigenvalue weighted by Gasteiger charge is 2.14. The molecule has 2 nitrogen and oxygen atoms in total. The number of ether oxygens (including phenoxy) is 1. The topological polar surface area (TPSA) is 26.3 Å². The minimum atomic E-state index is -0.647. The van der Waals surface area contributed by atoms with Crippen LogP contribution in [0.15, 0.2) is 11.6 Å². The molecule has 0 amide bonds. The van der Waals surface area contributed by atoms with Crippen molar-refractivity contribution in [3.63, 3.8) is 0 Å². The quantitative estimate of drug-likeness (QED) is 0.459. The highest BCUT2D eigenvalue weighted by molar-refractivity contribution is 5.60. The number of aldehydes is 1. The molecule has 64 valence electrons. The largest absolute Gasteiger partial charge is 0.364 e. The van der Waals surface area contributed by atoms with Gasteiger partial charge in [-0.1, -0.05) is 11.6 Å². The van der Waals surface area contributed by atoms with Gasteiger partial charge in [-0.15, -0.1) is 0 Å². The molecule has 0 aromatic heterocycles. The van der Waals surface area contributed by atoms with Gasteiger partial charge in [-0.25, -0.2) is 0 Å². The van der Waals surface area contributed by atoms with Crippen molar-refractivity contribution in [2.24, 2.45) is 0 Å². The van der Waals surface area contributed by atoms with Crippen LogP contribution in [0, 0.1) is 0 Å². The second-order valence-electron chi connectivity index (χ2n) is 3.31. The number of carbonyl (C=O) groups is 1. The van der Waals surface area contributed by atoms with E-state index in [1.54, 1.807) is 13.8 Å². The maximum atomic E-state index is 10.4. The monoisotopic (exact) mass is 156 g/mol. The number of carbonyl (C=O) groups excluding carboxylic acids is 1. The minimum Gasteiger partial charge on any atom is -0.364 e. The molecule has 0 rings (SSSR count). The Kier molecular flexibility index (Phi) is 4.04. The van der Waals surface area contributed by atoms with Crippen LogP contribution in [0.1, 0.15) is 27.7 Å². The van der Waals surface area contributed by atoms with E-state index >= 15 is 0 Å². The minimum absolute atomic E-state index is 0.508.